The molecule has 1 saturated heterocycles. The molecule has 0 aliphatic carbocycles. The average Bonchev–Trinajstić information content (AvgIpc) is 2.03. The number of hydrogen-bond acceptors (Lipinski definition) is 2. The summed E-state index contributed by atoms with van der Waals surface area (Å²) in [5.41, 5.74) is 0. The normalized spacial score (nSPS) is 21.8. The maximum Gasteiger partial charge on any atom is 0.459 e. The van der Waals surface area contributed by atoms with Crippen LogP contribution in [0.2, 0.25) is 0 Å². The third kappa shape index (κ3) is 2.35. The zero-order chi connectivity index (χ0) is 9.19. The van der Waals surface area contributed by atoms with Crippen LogP contribution < -0.4 is 5.32 Å². The molecule has 2 nitrogen and oxygen atoms in total. The van der Waals surface area contributed by atoms with E-state index in [9.17, 15) is 13.2 Å². The Kier molecular flexibility index (Phi) is 2.95. The quantitative estimate of drug-likeness (QED) is 0.613. The van der Waals surface area contributed by atoms with E-state index in [1.165, 1.54) is 0 Å². The number of rotatable bonds is 1. The van der Waals surface area contributed by atoms with Crippen LogP contribution in [0.25, 0.3) is 0 Å². The minimum atomic E-state index is -4.18. The molecule has 1 rings (SSSR count). The molecular formula is C7H13F3N2. The summed E-state index contributed by atoms with van der Waals surface area (Å²) in [6, 6.07) is -0.341. The fraction of sp³-hybridized carbons (Fsp3) is 1.00. The van der Waals surface area contributed by atoms with Crippen molar-refractivity contribution in [1.29, 1.82) is 0 Å². The molecule has 0 amide bonds. The zero-order valence-corrected chi connectivity index (χ0v) is 6.99. The first-order chi connectivity index (χ1) is 5.52. The van der Waals surface area contributed by atoms with Crippen LogP contribution in [-0.4, -0.2) is 37.4 Å². The monoisotopic (exact) mass is 182 g/mol. The topological polar surface area (TPSA) is 15.3 Å². The molecule has 72 valence electrons. The first kappa shape index (κ1) is 9.80. The van der Waals surface area contributed by atoms with Crippen LogP contribution in [0.3, 0.4) is 0 Å². The number of halogens is 3. The Balaban J connectivity index is 2.45. The van der Waals surface area contributed by atoms with Crippen LogP contribution in [0.1, 0.15) is 12.8 Å². The van der Waals surface area contributed by atoms with E-state index in [4.69, 9.17) is 0 Å². The van der Waals surface area contributed by atoms with E-state index in [-0.39, 0.29) is 6.04 Å². The molecule has 0 radical (unpaired) electrons. The summed E-state index contributed by atoms with van der Waals surface area (Å²) in [5, 5.41) is 3.03. The van der Waals surface area contributed by atoms with Gasteiger partial charge < -0.3 is 5.32 Å². The molecule has 0 unspecified atom stereocenters. The Bertz CT molecular complexity index is 140. The largest absolute Gasteiger partial charge is 0.459 e. The summed E-state index contributed by atoms with van der Waals surface area (Å²) in [5.74, 6) is 0. The van der Waals surface area contributed by atoms with Crippen molar-refractivity contribution in [3.63, 3.8) is 0 Å². The van der Waals surface area contributed by atoms with Gasteiger partial charge >= 0.3 is 6.30 Å². The lowest BCUT2D eigenvalue weighted by molar-refractivity contribution is -0.251. The molecule has 0 aromatic rings. The van der Waals surface area contributed by atoms with Gasteiger partial charge in [-0.15, -0.1) is 0 Å². The fourth-order valence-electron chi connectivity index (χ4n) is 1.40. The molecule has 1 fully saturated rings. The highest BCUT2D eigenvalue weighted by Gasteiger charge is 2.38. The second kappa shape index (κ2) is 3.62. The molecule has 0 atom stereocenters. The van der Waals surface area contributed by atoms with E-state index in [0.717, 1.165) is 7.05 Å². The van der Waals surface area contributed by atoms with Gasteiger partial charge in [0, 0.05) is 6.04 Å². The van der Waals surface area contributed by atoms with E-state index < -0.39 is 6.30 Å². The summed E-state index contributed by atoms with van der Waals surface area (Å²) >= 11 is 0. The maximum absolute atomic E-state index is 12.1. The van der Waals surface area contributed by atoms with Gasteiger partial charge in [-0.05, 0) is 33.0 Å². The molecule has 12 heavy (non-hydrogen) atoms. The highest BCUT2D eigenvalue weighted by molar-refractivity contribution is 4.76. The van der Waals surface area contributed by atoms with Gasteiger partial charge in [-0.3, -0.25) is 0 Å². The SMILES string of the molecule is CN(C1CCNCC1)C(F)(F)F. The highest BCUT2D eigenvalue weighted by Crippen LogP contribution is 2.24. The molecule has 0 saturated carbocycles. The predicted octanol–water partition coefficient (Wildman–Crippen LogP) is 1.19. The Morgan fingerprint density at radius 1 is 1.25 bits per heavy atom. The summed E-state index contributed by atoms with van der Waals surface area (Å²) in [6.45, 7) is 1.37. The lowest BCUT2D eigenvalue weighted by Gasteiger charge is -2.32. The average molecular weight is 182 g/mol. The lowest BCUT2D eigenvalue weighted by Crippen LogP contribution is -2.47. The summed E-state index contributed by atoms with van der Waals surface area (Å²) in [4.78, 5) is 0.508. The molecule has 1 aliphatic rings. The Morgan fingerprint density at radius 3 is 2.17 bits per heavy atom. The van der Waals surface area contributed by atoms with E-state index in [1.807, 2.05) is 0 Å². The van der Waals surface area contributed by atoms with Crippen LogP contribution in [0.4, 0.5) is 13.2 Å². The van der Waals surface area contributed by atoms with Crippen LogP contribution in [0.5, 0.6) is 0 Å². The van der Waals surface area contributed by atoms with Crippen LogP contribution >= 0.6 is 0 Å². The molecule has 0 spiro atoms. The van der Waals surface area contributed by atoms with Gasteiger partial charge in [0.25, 0.3) is 0 Å². The maximum atomic E-state index is 12.1. The summed E-state index contributed by atoms with van der Waals surface area (Å²) in [6.07, 6.45) is -3.02. The number of hydrogen-bond donors (Lipinski definition) is 1. The van der Waals surface area contributed by atoms with E-state index in [1.54, 1.807) is 0 Å². The van der Waals surface area contributed by atoms with Gasteiger partial charge in [0.05, 0.1) is 0 Å². The van der Waals surface area contributed by atoms with E-state index in [0.29, 0.717) is 30.8 Å². The summed E-state index contributed by atoms with van der Waals surface area (Å²) in [7, 11) is 1.12. The molecule has 1 heterocycles. The van der Waals surface area contributed by atoms with Gasteiger partial charge in [-0.25, -0.2) is 4.90 Å². The van der Waals surface area contributed by atoms with Crippen molar-refractivity contribution in [3.05, 3.63) is 0 Å². The Hall–Kier alpha value is -0.290. The molecular weight excluding hydrogens is 169 g/mol. The van der Waals surface area contributed by atoms with Crippen molar-refractivity contribution in [1.82, 2.24) is 10.2 Å². The molecule has 0 bridgehead atoms. The molecule has 0 aromatic carbocycles. The first-order valence-corrected chi connectivity index (χ1v) is 4.02. The van der Waals surface area contributed by atoms with Crippen LogP contribution in [0, 0.1) is 0 Å². The minimum Gasteiger partial charge on any atom is -0.317 e. The molecule has 1 N–H and O–H groups in total. The van der Waals surface area contributed by atoms with E-state index >= 15 is 0 Å². The second-order valence-electron chi connectivity index (χ2n) is 3.06. The predicted molar refractivity (Wildman–Crippen MR) is 39.7 cm³/mol. The number of alkyl halides is 3. The fourth-order valence-corrected chi connectivity index (χ4v) is 1.40. The highest BCUT2D eigenvalue weighted by atomic mass is 19.4. The van der Waals surface area contributed by atoms with Gasteiger partial charge in [0.1, 0.15) is 0 Å². The number of nitrogens with one attached hydrogen (secondary N) is 1. The van der Waals surface area contributed by atoms with E-state index in [2.05, 4.69) is 5.32 Å². The number of nitrogens with zero attached hydrogens (tertiary/aromatic N) is 1. The van der Waals surface area contributed by atoms with Gasteiger partial charge in [-0.2, -0.15) is 13.2 Å². The van der Waals surface area contributed by atoms with Gasteiger partial charge in [0.2, 0.25) is 0 Å². The third-order valence-electron chi connectivity index (χ3n) is 2.26. The first-order valence-electron chi connectivity index (χ1n) is 4.02. The van der Waals surface area contributed by atoms with Crippen molar-refractivity contribution in [2.24, 2.45) is 0 Å². The molecule has 0 aromatic heterocycles. The third-order valence-corrected chi connectivity index (χ3v) is 2.26. The smallest absolute Gasteiger partial charge is 0.317 e. The van der Waals surface area contributed by atoms with Crippen LogP contribution in [-0.2, 0) is 0 Å². The Labute approximate surface area is 69.7 Å². The van der Waals surface area contributed by atoms with Crippen molar-refractivity contribution >= 4 is 0 Å². The Morgan fingerprint density at radius 2 is 1.75 bits per heavy atom. The molecule has 5 heteroatoms. The lowest BCUT2D eigenvalue weighted by atomic mass is 10.1. The number of piperidine rings is 1. The van der Waals surface area contributed by atoms with Gasteiger partial charge in [0.15, 0.2) is 0 Å². The zero-order valence-electron chi connectivity index (χ0n) is 6.99. The molecule has 1 aliphatic heterocycles. The second-order valence-corrected chi connectivity index (χ2v) is 3.06. The van der Waals surface area contributed by atoms with Crippen molar-refractivity contribution in [2.75, 3.05) is 20.1 Å². The standard InChI is InChI=1S/C7H13F3N2/c1-12(7(8,9)10)6-2-4-11-5-3-6/h6,11H,2-5H2,1H3. The van der Waals surface area contributed by atoms with Crippen molar-refractivity contribution in [3.8, 4) is 0 Å². The van der Waals surface area contributed by atoms with Crippen LogP contribution in [0.15, 0.2) is 0 Å². The van der Waals surface area contributed by atoms with Gasteiger partial charge in [-0.1, -0.05) is 0 Å². The summed E-state index contributed by atoms with van der Waals surface area (Å²) < 4.78 is 36.4. The van der Waals surface area contributed by atoms with Crippen molar-refractivity contribution < 1.29 is 13.2 Å². The minimum absolute atomic E-state index is 0.341. The van der Waals surface area contributed by atoms with Crippen molar-refractivity contribution in [2.45, 2.75) is 25.2 Å².